The van der Waals surface area contributed by atoms with Gasteiger partial charge in [-0.1, -0.05) is 0 Å². The van der Waals surface area contributed by atoms with E-state index < -0.39 is 18.5 Å². The fraction of sp³-hybridized carbons (Fsp3) is 1.00. The molecule has 9 heavy (non-hydrogen) atoms. The molecule has 2 heterocycles. The molecule has 0 spiro atoms. The zero-order chi connectivity index (χ0) is 6.43. The maximum Gasteiger partial charge on any atom is 0.186 e. The molecular formula is C5H8O4. The van der Waals surface area contributed by atoms with E-state index in [1.807, 2.05) is 0 Å². The Balaban J connectivity index is 2.15. The number of hydrogen-bond acceptors (Lipinski definition) is 4. The second-order valence-corrected chi connectivity index (χ2v) is 2.36. The lowest BCUT2D eigenvalue weighted by Crippen LogP contribution is -2.39. The maximum atomic E-state index is 9.03. The van der Waals surface area contributed by atoms with Crippen LogP contribution in [0.4, 0.5) is 0 Å². The first-order valence-electron chi connectivity index (χ1n) is 2.92. The summed E-state index contributed by atoms with van der Waals surface area (Å²) >= 11 is 0. The molecular weight excluding hydrogens is 124 g/mol. The molecule has 52 valence electrons. The third-order valence-corrected chi connectivity index (χ3v) is 1.74. The number of aliphatic hydroxyl groups excluding tert-OH is 2. The van der Waals surface area contributed by atoms with Crippen molar-refractivity contribution in [1.82, 2.24) is 0 Å². The second-order valence-electron chi connectivity index (χ2n) is 2.36. The second kappa shape index (κ2) is 1.67. The Bertz CT molecular complexity index is 108. The zero-order valence-electron chi connectivity index (χ0n) is 4.73. The first-order chi connectivity index (χ1) is 4.29. The molecule has 4 atom stereocenters. The minimum atomic E-state index is -0.844. The van der Waals surface area contributed by atoms with Crippen molar-refractivity contribution in [3.05, 3.63) is 0 Å². The lowest BCUT2D eigenvalue weighted by molar-refractivity contribution is -0.111. The normalized spacial score (nSPS) is 56.7. The van der Waals surface area contributed by atoms with Gasteiger partial charge in [-0.05, 0) is 0 Å². The minimum Gasteiger partial charge on any atom is -0.387 e. The van der Waals surface area contributed by atoms with Gasteiger partial charge in [0.1, 0.15) is 18.3 Å². The van der Waals surface area contributed by atoms with E-state index in [-0.39, 0.29) is 6.10 Å². The number of rotatable bonds is 0. The van der Waals surface area contributed by atoms with E-state index in [1.54, 1.807) is 0 Å². The lowest BCUT2D eigenvalue weighted by Gasteiger charge is -2.17. The molecule has 2 aliphatic heterocycles. The van der Waals surface area contributed by atoms with Gasteiger partial charge in [-0.2, -0.15) is 0 Å². The van der Waals surface area contributed by atoms with Crippen LogP contribution < -0.4 is 0 Å². The average Bonchev–Trinajstić information content (AvgIpc) is 2.37. The van der Waals surface area contributed by atoms with Crippen molar-refractivity contribution in [1.29, 1.82) is 0 Å². The van der Waals surface area contributed by atoms with E-state index in [2.05, 4.69) is 0 Å². The van der Waals surface area contributed by atoms with Crippen LogP contribution >= 0.6 is 0 Å². The topological polar surface area (TPSA) is 58.9 Å². The van der Waals surface area contributed by atoms with E-state index in [0.717, 1.165) is 0 Å². The predicted molar refractivity (Wildman–Crippen MR) is 26.6 cm³/mol. The average molecular weight is 132 g/mol. The fourth-order valence-electron chi connectivity index (χ4n) is 1.18. The molecule has 2 saturated heterocycles. The fourth-order valence-corrected chi connectivity index (χ4v) is 1.18. The smallest absolute Gasteiger partial charge is 0.186 e. The molecule has 2 aliphatic rings. The van der Waals surface area contributed by atoms with Gasteiger partial charge in [-0.25, -0.2) is 0 Å². The summed E-state index contributed by atoms with van der Waals surface area (Å²) in [6, 6.07) is 0. The highest BCUT2D eigenvalue weighted by molar-refractivity contribution is 4.90. The number of aliphatic hydroxyl groups is 2. The van der Waals surface area contributed by atoms with Gasteiger partial charge in [0.15, 0.2) is 6.29 Å². The summed E-state index contributed by atoms with van der Waals surface area (Å²) in [5.74, 6) is 0. The molecule has 0 amide bonds. The Morgan fingerprint density at radius 2 is 2.00 bits per heavy atom. The van der Waals surface area contributed by atoms with Gasteiger partial charge in [-0.15, -0.1) is 0 Å². The molecule has 4 nitrogen and oxygen atoms in total. The van der Waals surface area contributed by atoms with E-state index in [4.69, 9.17) is 19.7 Å². The predicted octanol–water partition coefficient (Wildman–Crippen LogP) is -1.54. The molecule has 0 aromatic rings. The minimum absolute atomic E-state index is 0.301. The van der Waals surface area contributed by atoms with Crippen LogP contribution in [-0.2, 0) is 9.47 Å². The molecule has 0 aromatic carbocycles. The van der Waals surface area contributed by atoms with Gasteiger partial charge in [-0.3, -0.25) is 0 Å². The van der Waals surface area contributed by atoms with E-state index in [9.17, 15) is 0 Å². The largest absolute Gasteiger partial charge is 0.387 e. The quantitative estimate of drug-likeness (QED) is 0.419. The molecule has 2 bridgehead atoms. The maximum absolute atomic E-state index is 9.03. The van der Waals surface area contributed by atoms with Gasteiger partial charge in [0, 0.05) is 0 Å². The van der Waals surface area contributed by atoms with E-state index in [0.29, 0.717) is 6.61 Å². The summed E-state index contributed by atoms with van der Waals surface area (Å²) in [6.45, 7) is 0.406. The first kappa shape index (κ1) is 5.61. The van der Waals surface area contributed by atoms with Crippen LogP contribution in [0.2, 0.25) is 0 Å². The Morgan fingerprint density at radius 3 is 2.33 bits per heavy atom. The first-order valence-corrected chi connectivity index (χ1v) is 2.92. The van der Waals surface area contributed by atoms with Crippen molar-refractivity contribution in [2.75, 3.05) is 6.61 Å². The highest BCUT2D eigenvalue weighted by atomic mass is 16.7. The van der Waals surface area contributed by atoms with Crippen LogP contribution in [0.3, 0.4) is 0 Å². The highest BCUT2D eigenvalue weighted by Gasteiger charge is 2.48. The molecule has 0 aromatic heterocycles. The number of hydrogen-bond donors (Lipinski definition) is 2. The highest BCUT2D eigenvalue weighted by Crippen LogP contribution is 2.28. The summed E-state index contributed by atoms with van der Waals surface area (Å²) in [5.41, 5.74) is 0. The number of fused-ring (bicyclic) bond motifs is 2. The molecule has 0 radical (unpaired) electrons. The van der Waals surface area contributed by atoms with Crippen molar-refractivity contribution in [3.8, 4) is 0 Å². The van der Waals surface area contributed by atoms with Crippen LogP contribution in [0.1, 0.15) is 0 Å². The Morgan fingerprint density at radius 1 is 1.22 bits per heavy atom. The van der Waals surface area contributed by atoms with Gasteiger partial charge in [0.2, 0.25) is 0 Å². The van der Waals surface area contributed by atoms with Crippen molar-refractivity contribution < 1.29 is 19.7 Å². The van der Waals surface area contributed by atoms with E-state index >= 15 is 0 Å². The van der Waals surface area contributed by atoms with Gasteiger partial charge < -0.3 is 19.7 Å². The zero-order valence-corrected chi connectivity index (χ0v) is 4.73. The lowest BCUT2D eigenvalue weighted by atomic mass is 10.1. The van der Waals surface area contributed by atoms with Crippen LogP contribution in [0.25, 0.3) is 0 Å². The van der Waals surface area contributed by atoms with Crippen LogP contribution in [0.5, 0.6) is 0 Å². The van der Waals surface area contributed by atoms with Crippen molar-refractivity contribution in [2.45, 2.75) is 24.6 Å². The Hall–Kier alpha value is -0.160. The molecule has 2 fully saturated rings. The summed E-state index contributed by atoms with van der Waals surface area (Å²) in [4.78, 5) is 0. The summed E-state index contributed by atoms with van der Waals surface area (Å²) in [5, 5.41) is 18.0. The van der Waals surface area contributed by atoms with Crippen molar-refractivity contribution in [3.63, 3.8) is 0 Å². The summed E-state index contributed by atoms with van der Waals surface area (Å²) in [6.07, 6.45) is -2.47. The third kappa shape index (κ3) is 0.616. The Labute approximate surface area is 52.0 Å². The number of ether oxygens (including phenoxy) is 2. The molecule has 2 N–H and O–H groups in total. The van der Waals surface area contributed by atoms with Gasteiger partial charge in [0.05, 0.1) is 6.61 Å². The standard InChI is InChI=1S/C5H8O4/c6-3-2-1-8-5(9-2)4(3)7/h2-7H,1H2/t2-,3-,4-,5?/m1/s1. The molecule has 2 rings (SSSR count). The third-order valence-electron chi connectivity index (χ3n) is 1.74. The van der Waals surface area contributed by atoms with E-state index in [1.165, 1.54) is 0 Å². The SMILES string of the molecule is O[C@@H]1[C@H]2COC(O2)[C@@H]1O. The van der Waals surface area contributed by atoms with Gasteiger partial charge >= 0.3 is 0 Å². The van der Waals surface area contributed by atoms with Crippen LogP contribution in [-0.4, -0.2) is 41.4 Å². The molecule has 0 aliphatic carbocycles. The molecule has 1 unspecified atom stereocenters. The van der Waals surface area contributed by atoms with Crippen molar-refractivity contribution in [2.24, 2.45) is 0 Å². The summed E-state index contributed by atoms with van der Waals surface area (Å²) < 4.78 is 9.88. The Kier molecular flexibility index (Phi) is 1.04. The van der Waals surface area contributed by atoms with Crippen LogP contribution in [0.15, 0.2) is 0 Å². The summed E-state index contributed by atoms with van der Waals surface area (Å²) in [7, 11) is 0. The van der Waals surface area contributed by atoms with Crippen molar-refractivity contribution >= 4 is 0 Å². The van der Waals surface area contributed by atoms with Gasteiger partial charge in [0.25, 0.3) is 0 Å². The van der Waals surface area contributed by atoms with Crippen LogP contribution in [0, 0.1) is 0 Å². The monoisotopic (exact) mass is 132 g/mol. The molecule has 4 heteroatoms. The molecule has 0 saturated carbocycles.